The molecule has 0 amide bonds. The lowest BCUT2D eigenvalue weighted by molar-refractivity contribution is -0.149. The van der Waals surface area contributed by atoms with Crippen LogP contribution in [-0.2, 0) is 19.1 Å². The van der Waals surface area contributed by atoms with Crippen molar-refractivity contribution in [3.8, 4) is 0 Å². The zero-order valence-corrected chi connectivity index (χ0v) is 8.21. The highest BCUT2D eigenvalue weighted by atomic mass is 19.1. The average molecular weight is 207 g/mol. The lowest BCUT2D eigenvalue weighted by Crippen LogP contribution is -2.51. The summed E-state index contributed by atoms with van der Waals surface area (Å²) >= 11 is 0. The predicted octanol–water partition coefficient (Wildman–Crippen LogP) is -0.220. The first-order valence-corrected chi connectivity index (χ1v) is 4.00. The van der Waals surface area contributed by atoms with Gasteiger partial charge in [-0.25, -0.2) is 9.18 Å². The van der Waals surface area contributed by atoms with Crippen molar-refractivity contribution in [2.75, 3.05) is 20.9 Å². The third kappa shape index (κ3) is 3.29. The van der Waals surface area contributed by atoms with Gasteiger partial charge in [0, 0.05) is 6.42 Å². The molecule has 0 aliphatic carbocycles. The van der Waals surface area contributed by atoms with Crippen molar-refractivity contribution in [2.24, 2.45) is 5.73 Å². The molecule has 0 radical (unpaired) electrons. The summed E-state index contributed by atoms with van der Waals surface area (Å²) in [5.74, 6) is -1.42. The van der Waals surface area contributed by atoms with Crippen LogP contribution in [0.15, 0.2) is 0 Å². The van der Waals surface area contributed by atoms with Gasteiger partial charge in [-0.15, -0.1) is 0 Å². The number of ether oxygens (including phenoxy) is 2. The van der Waals surface area contributed by atoms with E-state index in [1.807, 2.05) is 0 Å². The SMILES string of the molecule is COC(=O)CC[C@@](N)(CF)C(=O)OC. The Morgan fingerprint density at radius 3 is 2.29 bits per heavy atom. The fraction of sp³-hybridized carbons (Fsp3) is 0.750. The number of esters is 2. The Kier molecular flexibility index (Phi) is 5.07. The standard InChI is InChI=1S/C8H14FNO4/c1-13-6(11)3-4-8(10,5-9)7(12)14-2/h3-5,10H2,1-2H3/t8-/m1/s1. The lowest BCUT2D eigenvalue weighted by Gasteiger charge is -2.22. The van der Waals surface area contributed by atoms with Crippen LogP contribution in [0.4, 0.5) is 4.39 Å². The molecule has 0 aromatic heterocycles. The van der Waals surface area contributed by atoms with Crippen LogP contribution in [0.1, 0.15) is 12.8 Å². The molecular weight excluding hydrogens is 193 g/mol. The number of hydrogen-bond acceptors (Lipinski definition) is 5. The van der Waals surface area contributed by atoms with E-state index in [9.17, 15) is 14.0 Å². The molecule has 0 aliphatic heterocycles. The Labute approximate surface area is 81.3 Å². The molecule has 1 atom stereocenters. The normalized spacial score (nSPS) is 14.3. The molecule has 0 saturated carbocycles. The van der Waals surface area contributed by atoms with E-state index in [0.29, 0.717) is 0 Å². The highest BCUT2D eigenvalue weighted by Crippen LogP contribution is 2.13. The van der Waals surface area contributed by atoms with Crippen LogP contribution in [0.25, 0.3) is 0 Å². The van der Waals surface area contributed by atoms with Gasteiger partial charge in [-0.2, -0.15) is 0 Å². The van der Waals surface area contributed by atoms with Crippen molar-refractivity contribution in [3.05, 3.63) is 0 Å². The molecule has 82 valence electrons. The van der Waals surface area contributed by atoms with Crippen LogP contribution in [0, 0.1) is 0 Å². The van der Waals surface area contributed by atoms with E-state index in [-0.39, 0.29) is 12.8 Å². The highest BCUT2D eigenvalue weighted by molar-refractivity contribution is 5.81. The van der Waals surface area contributed by atoms with Crippen molar-refractivity contribution in [3.63, 3.8) is 0 Å². The van der Waals surface area contributed by atoms with Crippen LogP contribution < -0.4 is 5.73 Å². The first kappa shape index (κ1) is 12.8. The van der Waals surface area contributed by atoms with E-state index in [4.69, 9.17) is 5.73 Å². The molecule has 0 unspecified atom stereocenters. The summed E-state index contributed by atoms with van der Waals surface area (Å²) in [5.41, 5.74) is 3.65. The fourth-order valence-electron chi connectivity index (χ4n) is 0.854. The van der Waals surface area contributed by atoms with E-state index in [1.165, 1.54) is 7.11 Å². The minimum absolute atomic E-state index is 0.119. The van der Waals surface area contributed by atoms with Crippen molar-refractivity contribution in [2.45, 2.75) is 18.4 Å². The molecule has 0 aromatic rings. The molecular formula is C8H14FNO4. The van der Waals surface area contributed by atoms with Gasteiger partial charge in [-0.05, 0) is 6.42 Å². The quantitative estimate of drug-likeness (QED) is 0.630. The monoisotopic (exact) mass is 207 g/mol. The minimum Gasteiger partial charge on any atom is -0.469 e. The number of methoxy groups -OCH3 is 2. The van der Waals surface area contributed by atoms with Gasteiger partial charge in [-0.1, -0.05) is 0 Å². The second kappa shape index (κ2) is 5.54. The Morgan fingerprint density at radius 2 is 1.93 bits per heavy atom. The molecule has 0 spiro atoms. The van der Waals surface area contributed by atoms with Crippen molar-refractivity contribution >= 4 is 11.9 Å². The van der Waals surface area contributed by atoms with Gasteiger partial charge in [0.1, 0.15) is 12.2 Å². The Morgan fingerprint density at radius 1 is 1.36 bits per heavy atom. The van der Waals surface area contributed by atoms with Crippen LogP contribution in [0.5, 0.6) is 0 Å². The van der Waals surface area contributed by atoms with Crippen molar-refractivity contribution < 1.29 is 23.5 Å². The first-order valence-electron chi connectivity index (χ1n) is 4.00. The van der Waals surface area contributed by atoms with E-state index < -0.39 is 24.2 Å². The molecule has 0 saturated heterocycles. The average Bonchev–Trinajstić information content (AvgIpc) is 2.23. The van der Waals surface area contributed by atoms with Crippen LogP contribution in [0.2, 0.25) is 0 Å². The topological polar surface area (TPSA) is 78.6 Å². The number of carbonyl (C=O) groups is 2. The number of alkyl halides is 1. The maximum absolute atomic E-state index is 12.5. The van der Waals surface area contributed by atoms with Gasteiger partial charge in [-0.3, -0.25) is 4.79 Å². The fourth-order valence-corrected chi connectivity index (χ4v) is 0.854. The molecule has 6 heteroatoms. The van der Waals surface area contributed by atoms with E-state index in [1.54, 1.807) is 0 Å². The largest absolute Gasteiger partial charge is 0.469 e. The predicted molar refractivity (Wildman–Crippen MR) is 46.2 cm³/mol. The van der Waals surface area contributed by atoms with E-state index >= 15 is 0 Å². The van der Waals surface area contributed by atoms with Gasteiger partial charge >= 0.3 is 11.9 Å². The smallest absolute Gasteiger partial charge is 0.328 e. The molecule has 5 nitrogen and oxygen atoms in total. The molecule has 0 fully saturated rings. The summed E-state index contributed by atoms with van der Waals surface area (Å²) in [6.45, 7) is -1.07. The van der Waals surface area contributed by atoms with E-state index in [0.717, 1.165) is 7.11 Å². The number of carbonyl (C=O) groups excluding carboxylic acids is 2. The Bertz CT molecular complexity index is 221. The summed E-state index contributed by atoms with van der Waals surface area (Å²) in [7, 11) is 2.31. The third-order valence-corrected chi connectivity index (χ3v) is 1.83. The molecule has 0 heterocycles. The van der Waals surface area contributed by atoms with Crippen LogP contribution >= 0.6 is 0 Å². The number of rotatable bonds is 5. The van der Waals surface area contributed by atoms with Crippen LogP contribution in [0.3, 0.4) is 0 Å². The van der Waals surface area contributed by atoms with E-state index in [2.05, 4.69) is 9.47 Å². The van der Waals surface area contributed by atoms with Gasteiger partial charge in [0.25, 0.3) is 0 Å². The molecule has 14 heavy (non-hydrogen) atoms. The number of halogens is 1. The molecule has 2 N–H and O–H groups in total. The van der Waals surface area contributed by atoms with Gasteiger partial charge in [0.2, 0.25) is 0 Å². The Balaban J connectivity index is 4.26. The second-order valence-corrected chi connectivity index (χ2v) is 2.86. The van der Waals surface area contributed by atoms with Crippen molar-refractivity contribution in [1.82, 2.24) is 0 Å². The molecule has 0 rings (SSSR count). The molecule has 0 aromatic carbocycles. The summed E-state index contributed by atoms with van der Waals surface area (Å²) in [4.78, 5) is 21.8. The highest BCUT2D eigenvalue weighted by Gasteiger charge is 2.35. The summed E-state index contributed by atoms with van der Waals surface area (Å²) in [5, 5.41) is 0. The maximum Gasteiger partial charge on any atom is 0.328 e. The second-order valence-electron chi connectivity index (χ2n) is 2.86. The van der Waals surface area contributed by atoms with Gasteiger partial charge in [0.15, 0.2) is 0 Å². The van der Waals surface area contributed by atoms with Crippen LogP contribution in [-0.4, -0.2) is 38.4 Å². The zero-order chi connectivity index (χ0) is 11.2. The Hall–Kier alpha value is -1.17. The number of nitrogens with two attached hydrogens (primary N) is 1. The summed E-state index contributed by atoms with van der Waals surface area (Å²) in [6, 6.07) is 0. The van der Waals surface area contributed by atoms with Gasteiger partial charge in [0.05, 0.1) is 14.2 Å². The first-order chi connectivity index (χ1) is 6.50. The van der Waals surface area contributed by atoms with Crippen molar-refractivity contribution in [1.29, 1.82) is 0 Å². The third-order valence-electron chi connectivity index (χ3n) is 1.83. The molecule has 0 bridgehead atoms. The minimum atomic E-state index is -1.75. The molecule has 0 aliphatic rings. The summed E-state index contributed by atoms with van der Waals surface area (Å²) < 4.78 is 21.1. The maximum atomic E-state index is 12.5. The number of hydrogen-bond donors (Lipinski definition) is 1. The lowest BCUT2D eigenvalue weighted by atomic mass is 9.96. The van der Waals surface area contributed by atoms with Gasteiger partial charge < -0.3 is 15.2 Å². The summed E-state index contributed by atoms with van der Waals surface area (Å²) in [6.07, 6.45) is -0.255. The zero-order valence-electron chi connectivity index (χ0n) is 8.21.